The molecule has 2 N–H and O–H groups in total. The molecule has 2 atom stereocenters. The SMILES string of the molecule is N#Cc1nc(N2CCC3CCCCC3C2)ccc1N. The van der Waals surface area contributed by atoms with E-state index in [2.05, 4.69) is 16.0 Å². The Morgan fingerprint density at radius 1 is 1.21 bits per heavy atom. The fourth-order valence-corrected chi connectivity index (χ4v) is 3.53. The molecule has 0 aromatic carbocycles. The zero-order valence-electron chi connectivity index (χ0n) is 11.2. The number of anilines is 2. The second-order valence-electron chi connectivity index (χ2n) is 5.76. The average Bonchev–Trinajstić information content (AvgIpc) is 2.47. The van der Waals surface area contributed by atoms with E-state index in [9.17, 15) is 0 Å². The van der Waals surface area contributed by atoms with Gasteiger partial charge in [-0.15, -0.1) is 0 Å². The van der Waals surface area contributed by atoms with Gasteiger partial charge in [0.1, 0.15) is 11.9 Å². The van der Waals surface area contributed by atoms with Crippen molar-refractivity contribution in [1.82, 2.24) is 4.98 Å². The summed E-state index contributed by atoms with van der Waals surface area (Å²) < 4.78 is 0. The van der Waals surface area contributed by atoms with Crippen LogP contribution in [0.25, 0.3) is 0 Å². The third kappa shape index (κ3) is 2.37. The number of nitrogens with two attached hydrogens (primary N) is 1. The Hall–Kier alpha value is -1.76. The third-order valence-corrected chi connectivity index (χ3v) is 4.63. The number of hydrogen-bond donors (Lipinski definition) is 1. The van der Waals surface area contributed by atoms with E-state index in [1.54, 1.807) is 6.07 Å². The Bertz CT molecular complexity index is 505. The van der Waals surface area contributed by atoms with Crippen LogP contribution in [0.1, 0.15) is 37.8 Å². The van der Waals surface area contributed by atoms with Gasteiger partial charge >= 0.3 is 0 Å². The smallest absolute Gasteiger partial charge is 0.165 e. The molecule has 1 saturated heterocycles. The van der Waals surface area contributed by atoms with E-state index < -0.39 is 0 Å². The first-order valence-electron chi connectivity index (χ1n) is 7.19. The second-order valence-corrected chi connectivity index (χ2v) is 5.76. The maximum Gasteiger partial charge on any atom is 0.165 e. The van der Waals surface area contributed by atoms with Crippen molar-refractivity contribution < 1.29 is 0 Å². The molecule has 2 heterocycles. The van der Waals surface area contributed by atoms with Crippen molar-refractivity contribution in [2.75, 3.05) is 23.7 Å². The number of aromatic nitrogens is 1. The summed E-state index contributed by atoms with van der Waals surface area (Å²) in [7, 11) is 0. The lowest BCUT2D eigenvalue weighted by atomic mass is 9.75. The van der Waals surface area contributed by atoms with E-state index in [-0.39, 0.29) is 0 Å². The highest BCUT2D eigenvalue weighted by Gasteiger charge is 2.31. The number of nitrogen functional groups attached to an aromatic ring is 1. The molecule has 2 aliphatic rings. The zero-order chi connectivity index (χ0) is 13.2. The first-order valence-corrected chi connectivity index (χ1v) is 7.19. The summed E-state index contributed by atoms with van der Waals surface area (Å²) in [5.41, 5.74) is 6.55. The lowest BCUT2D eigenvalue weighted by Gasteiger charge is -2.41. The van der Waals surface area contributed by atoms with Gasteiger partial charge in [0.25, 0.3) is 0 Å². The van der Waals surface area contributed by atoms with E-state index in [1.807, 2.05) is 6.07 Å². The molecule has 1 aliphatic carbocycles. The molecule has 4 heteroatoms. The van der Waals surface area contributed by atoms with Crippen LogP contribution in [0, 0.1) is 23.2 Å². The summed E-state index contributed by atoms with van der Waals surface area (Å²) in [6.45, 7) is 2.15. The molecule has 0 bridgehead atoms. The van der Waals surface area contributed by atoms with E-state index in [0.29, 0.717) is 11.4 Å². The van der Waals surface area contributed by atoms with Crippen molar-refractivity contribution in [3.8, 4) is 6.07 Å². The molecule has 19 heavy (non-hydrogen) atoms. The van der Waals surface area contributed by atoms with Gasteiger partial charge in [-0.2, -0.15) is 5.26 Å². The summed E-state index contributed by atoms with van der Waals surface area (Å²) >= 11 is 0. The van der Waals surface area contributed by atoms with Crippen LogP contribution in [-0.4, -0.2) is 18.1 Å². The van der Waals surface area contributed by atoms with Gasteiger partial charge in [-0.05, 0) is 36.8 Å². The Kier molecular flexibility index (Phi) is 3.29. The van der Waals surface area contributed by atoms with Crippen LogP contribution >= 0.6 is 0 Å². The number of rotatable bonds is 1. The third-order valence-electron chi connectivity index (χ3n) is 4.63. The highest BCUT2D eigenvalue weighted by molar-refractivity contribution is 5.55. The number of nitrogens with zero attached hydrogens (tertiary/aromatic N) is 3. The maximum absolute atomic E-state index is 9.02. The Labute approximate surface area is 114 Å². The summed E-state index contributed by atoms with van der Waals surface area (Å²) in [5, 5.41) is 9.02. The Morgan fingerprint density at radius 3 is 2.79 bits per heavy atom. The fourth-order valence-electron chi connectivity index (χ4n) is 3.53. The molecule has 0 amide bonds. The van der Waals surface area contributed by atoms with Crippen molar-refractivity contribution in [3.63, 3.8) is 0 Å². The fraction of sp³-hybridized carbons (Fsp3) is 0.600. The minimum absolute atomic E-state index is 0.350. The highest BCUT2D eigenvalue weighted by atomic mass is 15.2. The predicted octanol–water partition coefficient (Wildman–Crippen LogP) is 2.55. The van der Waals surface area contributed by atoms with Gasteiger partial charge in [0.2, 0.25) is 0 Å². The molecule has 1 aliphatic heterocycles. The Morgan fingerprint density at radius 2 is 2.00 bits per heavy atom. The maximum atomic E-state index is 9.02. The van der Waals surface area contributed by atoms with Gasteiger partial charge in [0.15, 0.2) is 5.69 Å². The number of hydrogen-bond acceptors (Lipinski definition) is 4. The van der Waals surface area contributed by atoms with E-state index >= 15 is 0 Å². The molecular formula is C15H20N4. The molecular weight excluding hydrogens is 236 g/mol. The summed E-state index contributed by atoms with van der Waals surface area (Å²) in [6.07, 6.45) is 6.78. The van der Waals surface area contributed by atoms with Gasteiger partial charge in [-0.25, -0.2) is 4.98 Å². The molecule has 2 unspecified atom stereocenters. The van der Waals surface area contributed by atoms with Crippen molar-refractivity contribution in [2.24, 2.45) is 11.8 Å². The van der Waals surface area contributed by atoms with E-state index in [4.69, 9.17) is 11.0 Å². The second kappa shape index (κ2) is 5.08. The Balaban J connectivity index is 1.78. The molecule has 100 valence electrons. The number of piperidine rings is 1. The molecule has 4 nitrogen and oxygen atoms in total. The standard InChI is InChI=1S/C15H20N4/c16-9-14-13(17)5-6-15(18-14)19-8-7-11-3-1-2-4-12(11)10-19/h5-6,11-12H,1-4,7-8,10,17H2. The van der Waals surface area contributed by atoms with Crippen molar-refractivity contribution >= 4 is 11.5 Å². The van der Waals surface area contributed by atoms with Crippen LogP contribution in [0.15, 0.2) is 12.1 Å². The minimum atomic E-state index is 0.350. The van der Waals surface area contributed by atoms with Gasteiger partial charge < -0.3 is 10.6 Å². The number of nitriles is 1. The topological polar surface area (TPSA) is 65.9 Å². The van der Waals surface area contributed by atoms with Crippen molar-refractivity contribution in [3.05, 3.63) is 17.8 Å². The van der Waals surface area contributed by atoms with Crippen LogP contribution in [0.5, 0.6) is 0 Å². The monoisotopic (exact) mass is 256 g/mol. The molecule has 3 rings (SSSR count). The summed E-state index contributed by atoms with van der Waals surface area (Å²) in [4.78, 5) is 6.72. The minimum Gasteiger partial charge on any atom is -0.396 e. The van der Waals surface area contributed by atoms with Gasteiger partial charge in [-0.3, -0.25) is 0 Å². The average molecular weight is 256 g/mol. The molecule has 2 fully saturated rings. The van der Waals surface area contributed by atoms with Gasteiger partial charge in [0.05, 0.1) is 5.69 Å². The summed E-state index contributed by atoms with van der Waals surface area (Å²) in [6, 6.07) is 5.81. The van der Waals surface area contributed by atoms with E-state index in [0.717, 1.165) is 30.7 Å². The van der Waals surface area contributed by atoms with Crippen molar-refractivity contribution in [2.45, 2.75) is 32.1 Å². The quantitative estimate of drug-likeness (QED) is 0.838. The van der Waals surface area contributed by atoms with Crippen LogP contribution in [-0.2, 0) is 0 Å². The number of pyridine rings is 1. The lowest BCUT2D eigenvalue weighted by molar-refractivity contribution is 0.202. The van der Waals surface area contributed by atoms with Gasteiger partial charge in [-0.1, -0.05) is 19.3 Å². The van der Waals surface area contributed by atoms with Gasteiger partial charge in [0, 0.05) is 13.1 Å². The van der Waals surface area contributed by atoms with Crippen LogP contribution in [0.3, 0.4) is 0 Å². The van der Waals surface area contributed by atoms with Crippen LogP contribution in [0.4, 0.5) is 11.5 Å². The van der Waals surface area contributed by atoms with Crippen molar-refractivity contribution in [1.29, 1.82) is 5.26 Å². The molecule has 1 aromatic heterocycles. The number of fused-ring (bicyclic) bond motifs is 1. The first-order chi connectivity index (χ1) is 9.28. The molecule has 0 spiro atoms. The normalized spacial score (nSPS) is 26.6. The first kappa shape index (κ1) is 12.3. The lowest BCUT2D eigenvalue weighted by Crippen LogP contribution is -2.42. The van der Waals surface area contributed by atoms with E-state index in [1.165, 1.54) is 32.1 Å². The van der Waals surface area contributed by atoms with Crippen LogP contribution in [0.2, 0.25) is 0 Å². The highest BCUT2D eigenvalue weighted by Crippen LogP contribution is 2.37. The molecule has 0 radical (unpaired) electrons. The van der Waals surface area contributed by atoms with Crippen LogP contribution < -0.4 is 10.6 Å². The summed E-state index contributed by atoms with van der Waals surface area (Å²) in [5.74, 6) is 2.64. The largest absolute Gasteiger partial charge is 0.396 e. The zero-order valence-corrected chi connectivity index (χ0v) is 11.2. The predicted molar refractivity (Wildman–Crippen MR) is 75.6 cm³/mol. The molecule has 1 saturated carbocycles. The molecule has 1 aromatic rings.